The number of Topliss-reactive ketones (excluding diaryl/α,β-unsaturated/α-hetero) is 1. The van der Waals surface area contributed by atoms with Crippen LogP contribution in [0.4, 0.5) is 0 Å². The van der Waals surface area contributed by atoms with Crippen LogP contribution in [0.3, 0.4) is 0 Å². The van der Waals surface area contributed by atoms with Crippen LogP contribution in [0.5, 0.6) is 0 Å². The number of aromatic amines is 1. The molecule has 9 heteroatoms. The van der Waals surface area contributed by atoms with E-state index in [-0.39, 0.29) is 18.0 Å². The molecule has 0 spiro atoms. The Labute approximate surface area is 180 Å². The molecule has 0 unspecified atom stereocenters. The van der Waals surface area contributed by atoms with Crippen LogP contribution in [0.2, 0.25) is 4.34 Å². The van der Waals surface area contributed by atoms with Gasteiger partial charge in [0.1, 0.15) is 5.78 Å². The highest BCUT2D eigenvalue weighted by Gasteiger charge is 2.12. The summed E-state index contributed by atoms with van der Waals surface area (Å²) in [5.74, 6) is 0.130. The topological polar surface area (TPSA) is 97.7 Å². The van der Waals surface area contributed by atoms with Gasteiger partial charge in [0, 0.05) is 11.3 Å². The van der Waals surface area contributed by atoms with Crippen molar-refractivity contribution >= 4 is 39.6 Å². The van der Waals surface area contributed by atoms with Crippen molar-refractivity contribution < 1.29 is 4.79 Å². The fourth-order valence-electron chi connectivity index (χ4n) is 3.15. The average Bonchev–Trinajstić information content (AvgIpc) is 3.12. The molecule has 0 saturated heterocycles. The van der Waals surface area contributed by atoms with Gasteiger partial charge in [0.2, 0.25) is 0 Å². The van der Waals surface area contributed by atoms with E-state index in [9.17, 15) is 14.4 Å². The van der Waals surface area contributed by atoms with Crippen LogP contribution < -0.4 is 11.2 Å². The summed E-state index contributed by atoms with van der Waals surface area (Å²) in [4.78, 5) is 41.2. The molecular weight excluding hydrogens is 424 g/mol. The Morgan fingerprint density at radius 3 is 2.67 bits per heavy atom. The number of aryl methyl sites for hydroxylation is 2. The number of fused-ring (bicyclic) bond motifs is 1. The number of ketones is 1. The summed E-state index contributed by atoms with van der Waals surface area (Å²) in [6.45, 7) is 1.88. The summed E-state index contributed by atoms with van der Waals surface area (Å²) in [5.41, 5.74) is 0.830. The van der Waals surface area contributed by atoms with Gasteiger partial charge in [-0.1, -0.05) is 17.7 Å². The third kappa shape index (κ3) is 4.24. The van der Waals surface area contributed by atoms with Crippen LogP contribution in [0.1, 0.15) is 22.6 Å². The quantitative estimate of drug-likeness (QED) is 0.496. The Morgan fingerprint density at radius 2 is 1.97 bits per heavy atom. The molecule has 1 aromatic carbocycles. The van der Waals surface area contributed by atoms with Gasteiger partial charge in [-0.05, 0) is 55.3 Å². The highest BCUT2D eigenvalue weighted by Crippen LogP contribution is 2.22. The molecule has 30 heavy (non-hydrogen) atoms. The first kappa shape index (κ1) is 20.2. The molecule has 0 bridgehead atoms. The second-order valence-corrected chi connectivity index (χ2v) is 8.72. The van der Waals surface area contributed by atoms with Crippen LogP contribution in [-0.4, -0.2) is 25.5 Å². The number of nitrogens with one attached hydrogen (secondary N) is 1. The van der Waals surface area contributed by atoms with E-state index in [1.165, 1.54) is 17.4 Å². The summed E-state index contributed by atoms with van der Waals surface area (Å²) >= 11 is 7.36. The lowest BCUT2D eigenvalue weighted by Crippen LogP contribution is -2.34. The zero-order chi connectivity index (χ0) is 21.3. The molecule has 1 N–H and O–H groups in total. The molecule has 0 atom stereocenters. The monoisotopic (exact) mass is 440 g/mol. The smallest absolute Gasteiger partial charge is 0.306 e. The number of rotatable bonds is 6. The Balaban J connectivity index is 1.52. The van der Waals surface area contributed by atoms with E-state index in [2.05, 4.69) is 15.2 Å². The molecule has 0 radical (unpaired) electrons. The minimum atomic E-state index is -0.592. The van der Waals surface area contributed by atoms with Gasteiger partial charge in [-0.3, -0.25) is 9.59 Å². The highest BCUT2D eigenvalue weighted by molar-refractivity contribution is 7.16. The lowest BCUT2D eigenvalue weighted by molar-refractivity contribution is -0.118. The predicted octanol–water partition coefficient (Wildman–Crippen LogP) is 3.24. The number of nitrogens with zero attached hydrogens (tertiary/aromatic N) is 3. The van der Waals surface area contributed by atoms with Crippen LogP contribution >= 0.6 is 22.9 Å². The second kappa shape index (κ2) is 8.33. The second-order valence-electron chi connectivity index (χ2n) is 6.92. The zero-order valence-electron chi connectivity index (χ0n) is 16.0. The van der Waals surface area contributed by atoms with Crippen LogP contribution in [0, 0.1) is 6.92 Å². The number of carbonyl (C=O) groups excluding carboxylic acids is 1. The minimum Gasteiger partial charge on any atom is -0.306 e. The zero-order valence-corrected chi connectivity index (χ0v) is 17.6. The standard InChI is InChI=1S/C21H17ClN4O3S/c1-12-2-7-16-17(10-12)23-21(29)26(20(16)28)19-9-3-13(24-25-19)11-14(27)4-5-15-6-8-18(22)30-15/h2-3,6-10H,4-5,11H2,1H3,(H,23,29). The van der Waals surface area contributed by atoms with Gasteiger partial charge in [-0.2, -0.15) is 5.10 Å². The molecule has 0 aliphatic rings. The Morgan fingerprint density at radius 1 is 1.13 bits per heavy atom. The number of thiophene rings is 1. The largest absolute Gasteiger partial charge is 0.334 e. The fourth-order valence-corrected chi connectivity index (χ4v) is 4.23. The molecule has 0 saturated carbocycles. The van der Waals surface area contributed by atoms with Gasteiger partial charge in [0.25, 0.3) is 5.56 Å². The van der Waals surface area contributed by atoms with E-state index in [1.54, 1.807) is 24.3 Å². The van der Waals surface area contributed by atoms with Gasteiger partial charge < -0.3 is 4.98 Å². The maximum Gasteiger partial charge on any atom is 0.334 e. The molecule has 7 nitrogen and oxygen atoms in total. The fraction of sp³-hybridized carbons (Fsp3) is 0.190. The molecule has 0 aliphatic heterocycles. The van der Waals surface area contributed by atoms with Crippen molar-refractivity contribution in [1.29, 1.82) is 0 Å². The third-order valence-corrected chi connectivity index (χ3v) is 5.94. The molecule has 0 fully saturated rings. The number of H-pyrrole nitrogens is 1. The maximum atomic E-state index is 12.8. The lowest BCUT2D eigenvalue weighted by Gasteiger charge is -2.06. The van der Waals surface area contributed by atoms with Crippen molar-refractivity contribution in [3.05, 3.63) is 83.8 Å². The predicted molar refractivity (Wildman–Crippen MR) is 117 cm³/mol. The van der Waals surface area contributed by atoms with Crippen molar-refractivity contribution in [2.45, 2.75) is 26.2 Å². The van der Waals surface area contributed by atoms with Gasteiger partial charge in [-0.25, -0.2) is 9.36 Å². The molecular formula is C21H17ClN4O3S. The first-order valence-corrected chi connectivity index (χ1v) is 10.4. The Bertz CT molecular complexity index is 1360. The first-order valence-electron chi connectivity index (χ1n) is 9.25. The lowest BCUT2D eigenvalue weighted by atomic mass is 10.1. The molecule has 3 aromatic heterocycles. The Kier molecular flexibility index (Phi) is 5.61. The normalized spacial score (nSPS) is 11.1. The summed E-state index contributed by atoms with van der Waals surface area (Å²) in [7, 11) is 0. The van der Waals surface area contributed by atoms with Crippen molar-refractivity contribution in [3.63, 3.8) is 0 Å². The molecule has 4 rings (SSSR count). The number of aromatic nitrogens is 4. The molecule has 0 aliphatic carbocycles. The Hall–Kier alpha value is -3.10. The molecule has 3 heterocycles. The summed E-state index contributed by atoms with van der Waals surface area (Å²) in [6.07, 6.45) is 1.14. The highest BCUT2D eigenvalue weighted by atomic mass is 35.5. The van der Waals surface area contributed by atoms with E-state index >= 15 is 0 Å². The SMILES string of the molecule is Cc1ccc2c(=O)n(-c3ccc(CC(=O)CCc4ccc(Cl)s4)nn3)c(=O)[nH]c2c1. The molecule has 0 amide bonds. The van der Waals surface area contributed by atoms with E-state index in [0.717, 1.165) is 15.0 Å². The number of carbonyl (C=O) groups is 1. The average molecular weight is 441 g/mol. The minimum absolute atomic E-state index is 0.0256. The van der Waals surface area contributed by atoms with Crippen molar-refractivity contribution in [2.75, 3.05) is 0 Å². The number of halogens is 1. The number of hydrogen-bond acceptors (Lipinski definition) is 6. The van der Waals surface area contributed by atoms with Gasteiger partial charge in [-0.15, -0.1) is 16.4 Å². The summed E-state index contributed by atoms with van der Waals surface area (Å²) < 4.78 is 1.64. The number of hydrogen-bond donors (Lipinski definition) is 1. The van der Waals surface area contributed by atoms with E-state index < -0.39 is 11.2 Å². The maximum absolute atomic E-state index is 12.8. The van der Waals surface area contributed by atoms with Gasteiger partial charge in [0.05, 0.1) is 27.4 Å². The van der Waals surface area contributed by atoms with E-state index in [0.29, 0.717) is 33.8 Å². The van der Waals surface area contributed by atoms with E-state index in [1.807, 2.05) is 19.1 Å². The van der Waals surface area contributed by atoms with Crippen molar-refractivity contribution in [2.24, 2.45) is 0 Å². The third-order valence-electron chi connectivity index (χ3n) is 4.65. The van der Waals surface area contributed by atoms with Crippen LogP contribution in [-0.2, 0) is 17.6 Å². The summed E-state index contributed by atoms with van der Waals surface area (Å²) in [6, 6.07) is 12.1. The van der Waals surface area contributed by atoms with E-state index in [4.69, 9.17) is 11.6 Å². The van der Waals surface area contributed by atoms with Crippen LogP contribution in [0.15, 0.2) is 52.1 Å². The molecule has 152 valence electrons. The first-order chi connectivity index (χ1) is 14.4. The van der Waals surface area contributed by atoms with Gasteiger partial charge >= 0.3 is 5.69 Å². The molecule has 4 aromatic rings. The number of benzene rings is 1. The van der Waals surface area contributed by atoms with Gasteiger partial charge in [0.15, 0.2) is 5.82 Å². The van der Waals surface area contributed by atoms with Crippen molar-refractivity contribution in [3.8, 4) is 5.82 Å². The summed E-state index contributed by atoms with van der Waals surface area (Å²) in [5, 5.41) is 8.41. The van der Waals surface area contributed by atoms with Crippen molar-refractivity contribution in [1.82, 2.24) is 19.7 Å². The van der Waals surface area contributed by atoms with Crippen LogP contribution in [0.25, 0.3) is 16.7 Å².